The maximum Gasteiger partial charge on any atom is 0.280 e. The SMILES string of the molecule is Cc1onc(NS(=O)(=O)c2ccccn2)c1C. The highest BCUT2D eigenvalue weighted by Gasteiger charge is 2.19. The number of hydrogen-bond acceptors (Lipinski definition) is 5. The van der Waals surface area contributed by atoms with Crippen LogP contribution in [0.4, 0.5) is 5.82 Å². The second-order valence-corrected chi connectivity index (χ2v) is 5.12. The van der Waals surface area contributed by atoms with E-state index in [0.29, 0.717) is 11.3 Å². The van der Waals surface area contributed by atoms with Crippen LogP contribution in [-0.2, 0) is 10.0 Å². The van der Waals surface area contributed by atoms with Gasteiger partial charge in [0.25, 0.3) is 10.0 Å². The van der Waals surface area contributed by atoms with Gasteiger partial charge in [0.05, 0.1) is 0 Å². The molecule has 0 unspecified atom stereocenters. The van der Waals surface area contributed by atoms with E-state index in [1.807, 2.05) is 0 Å². The van der Waals surface area contributed by atoms with Gasteiger partial charge >= 0.3 is 0 Å². The van der Waals surface area contributed by atoms with Gasteiger partial charge in [-0.25, -0.2) is 4.98 Å². The Kier molecular flexibility index (Phi) is 2.84. The van der Waals surface area contributed by atoms with E-state index in [-0.39, 0.29) is 10.8 Å². The van der Waals surface area contributed by atoms with E-state index in [1.54, 1.807) is 26.0 Å². The quantitative estimate of drug-likeness (QED) is 0.895. The van der Waals surface area contributed by atoms with Crippen LogP contribution in [0, 0.1) is 13.8 Å². The number of anilines is 1. The minimum atomic E-state index is -3.71. The molecule has 2 aromatic rings. The van der Waals surface area contributed by atoms with Crippen molar-refractivity contribution in [3.63, 3.8) is 0 Å². The predicted octanol–water partition coefficient (Wildman–Crippen LogP) is 1.49. The zero-order valence-electron chi connectivity index (χ0n) is 9.34. The van der Waals surface area contributed by atoms with Gasteiger partial charge in [0, 0.05) is 11.8 Å². The highest BCUT2D eigenvalue weighted by atomic mass is 32.2. The Bertz CT molecular complexity index is 620. The third kappa shape index (κ3) is 2.28. The van der Waals surface area contributed by atoms with E-state index in [2.05, 4.69) is 14.9 Å². The molecule has 0 fully saturated rings. The number of pyridine rings is 1. The van der Waals surface area contributed by atoms with Crippen LogP contribution in [-0.4, -0.2) is 18.6 Å². The van der Waals surface area contributed by atoms with E-state index in [1.165, 1.54) is 12.3 Å². The van der Waals surface area contributed by atoms with Gasteiger partial charge < -0.3 is 4.52 Å². The molecule has 0 aromatic carbocycles. The summed E-state index contributed by atoms with van der Waals surface area (Å²) in [6.45, 7) is 3.43. The fourth-order valence-corrected chi connectivity index (χ4v) is 2.21. The monoisotopic (exact) mass is 253 g/mol. The average Bonchev–Trinajstić information content (AvgIpc) is 2.62. The van der Waals surface area contributed by atoms with Gasteiger partial charge in [0.1, 0.15) is 5.76 Å². The van der Waals surface area contributed by atoms with Crippen molar-refractivity contribution in [2.24, 2.45) is 0 Å². The molecule has 0 aliphatic carbocycles. The van der Waals surface area contributed by atoms with E-state index in [0.717, 1.165) is 0 Å². The molecule has 0 aliphatic heterocycles. The number of aryl methyl sites for hydroxylation is 1. The molecule has 0 aliphatic rings. The fourth-order valence-electron chi connectivity index (χ4n) is 1.20. The predicted molar refractivity (Wildman–Crippen MR) is 61.0 cm³/mol. The molecule has 0 saturated carbocycles. The molecule has 0 amide bonds. The molecule has 0 saturated heterocycles. The molecule has 6 nitrogen and oxygen atoms in total. The van der Waals surface area contributed by atoms with Gasteiger partial charge in [0.15, 0.2) is 10.8 Å². The summed E-state index contributed by atoms with van der Waals surface area (Å²) in [6, 6.07) is 4.65. The summed E-state index contributed by atoms with van der Waals surface area (Å²) in [5.41, 5.74) is 0.657. The zero-order valence-corrected chi connectivity index (χ0v) is 10.2. The smallest absolute Gasteiger partial charge is 0.280 e. The number of nitrogens with one attached hydrogen (secondary N) is 1. The molecule has 17 heavy (non-hydrogen) atoms. The topological polar surface area (TPSA) is 85.1 Å². The van der Waals surface area contributed by atoms with Crippen molar-refractivity contribution in [1.82, 2.24) is 10.1 Å². The largest absolute Gasteiger partial charge is 0.359 e. The highest BCUT2D eigenvalue weighted by molar-refractivity contribution is 7.92. The first-order valence-corrected chi connectivity index (χ1v) is 6.36. The fraction of sp³-hybridized carbons (Fsp3) is 0.200. The molecule has 2 heterocycles. The Labute approximate surface area is 98.7 Å². The Morgan fingerprint density at radius 1 is 1.29 bits per heavy atom. The number of sulfonamides is 1. The van der Waals surface area contributed by atoms with Gasteiger partial charge in [-0.2, -0.15) is 8.42 Å². The van der Waals surface area contributed by atoms with Crippen molar-refractivity contribution in [2.75, 3.05) is 4.72 Å². The number of rotatable bonds is 3. The first kappa shape index (κ1) is 11.6. The first-order valence-electron chi connectivity index (χ1n) is 4.87. The van der Waals surface area contributed by atoms with E-state index in [9.17, 15) is 8.42 Å². The molecule has 2 rings (SSSR count). The van der Waals surface area contributed by atoms with Crippen molar-refractivity contribution in [3.05, 3.63) is 35.7 Å². The maximum atomic E-state index is 11.9. The van der Waals surface area contributed by atoms with Crippen LogP contribution in [0.3, 0.4) is 0 Å². The lowest BCUT2D eigenvalue weighted by Crippen LogP contribution is -2.15. The molecule has 0 radical (unpaired) electrons. The van der Waals surface area contributed by atoms with Crippen molar-refractivity contribution in [1.29, 1.82) is 0 Å². The van der Waals surface area contributed by atoms with Gasteiger partial charge in [-0.05, 0) is 26.0 Å². The van der Waals surface area contributed by atoms with Gasteiger partial charge in [-0.15, -0.1) is 0 Å². The molecule has 0 bridgehead atoms. The third-order valence-electron chi connectivity index (χ3n) is 2.30. The lowest BCUT2D eigenvalue weighted by molar-refractivity contribution is 0.399. The maximum absolute atomic E-state index is 11.9. The lowest BCUT2D eigenvalue weighted by Gasteiger charge is -2.04. The van der Waals surface area contributed by atoms with Gasteiger partial charge in [-0.3, -0.25) is 4.72 Å². The van der Waals surface area contributed by atoms with Crippen LogP contribution >= 0.6 is 0 Å². The summed E-state index contributed by atoms with van der Waals surface area (Å²) in [5.74, 6) is 0.761. The average molecular weight is 253 g/mol. The highest BCUT2D eigenvalue weighted by Crippen LogP contribution is 2.19. The molecule has 2 aromatic heterocycles. The summed E-state index contributed by atoms with van der Waals surface area (Å²) in [5, 5.41) is 3.58. The zero-order chi connectivity index (χ0) is 12.5. The van der Waals surface area contributed by atoms with E-state index in [4.69, 9.17) is 4.52 Å². The molecule has 7 heteroatoms. The van der Waals surface area contributed by atoms with Crippen LogP contribution in [0.5, 0.6) is 0 Å². The Morgan fingerprint density at radius 2 is 2.06 bits per heavy atom. The molecule has 0 atom stereocenters. The molecule has 1 N–H and O–H groups in total. The van der Waals surface area contributed by atoms with Gasteiger partial charge in [0.2, 0.25) is 0 Å². The molecule has 0 spiro atoms. The van der Waals surface area contributed by atoms with Gasteiger partial charge in [-0.1, -0.05) is 11.2 Å². The normalized spacial score (nSPS) is 11.4. The van der Waals surface area contributed by atoms with Crippen LogP contribution in [0.1, 0.15) is 11.3 Å². The molecular weight excluding hydrogens is 242 g/mol. The first-order chi connectivity index (χ1) is 8.00. The summed E-state index contributed by atoms with van der Waals surface area (Å²) >= 11 is 0. The number of hydrogen-bond donors (Lipinski definition) is 1. The van der Waals surface area contributed by atoms with Crippen LogP contribution in [0.2, 0.25) is 0 Å². The Morgan fingerprint density at radius 3 is 2.59 bits per heavy atom. The minimum absolute atomic E-state index is 0.0555. The van der Waals surface area contributed by atoms with Crippen molar-refractivity contribution >= 4 is 15.8 Å². The van der Waals surface area contributed by atoms with E-state index < -0.39 is 10.0 Å². The number of aromatic nitrogens is 2. The van der Waals surface area contributed by atoms with Crippen molar-refractivity contribution in [2.45, 2.75) is 18.9 Å². The Balaban J connectivity index is 2.34. The molecular formula is C10H11N3O3S. The van der Waals surface area contributed by atoms with Crippen molar-refractivity contribution in [3.8, 4) is 0 Å². The molecule has 90 valence electrons. The standard InChI is InChI=1S/C10H11N3O3S/c1-7-8(2)16-12-10(7)13-17(14,15)9-5-3-4-6-11-9/h3-6H,1-2H3,(H,12,13). The third-order valence-corrected chi connectivity index (χ3v) is 3.56. The summed E-state index contributed by atoms with van der Waals surface area (Å²) in [4.78, 5) is 3.77. The number of nitrogens with zero attached hydrogens (tertiary/aromatic N) is 2. The van der Waals surface area contributed by atoms with Crippen molar-refractivity contribution < 1.29 is 12.9 Å². The summed E-state index contributed by atoms with van der Waals surface area (Å²) in [6.07, 6.45) is 1.41. The minimum Gasteiger partial charge on any atom is -0.359 e. The van der Waals surface area contributed by atoms with Crippen LogP contribution in [0.25, 0.3) is 0 Å². The van der Waals surface area contributed by atoms with E-state index >= 15 is 0 Å². The lowest BCUT2D eigenvalue weighted by atomic mass is 10.3. The second-order valence-electron chi connectivity index (χ2n) is 3.49. The van der Waals surface area contributed by atoms with Crippen LogP contribution in [0.15, 0.2) is 33.9 Å². The van der Waals surface area contributed by atoms with Crippen LogP contribution < -0.4 is 4.72 Å². The summed E-state index contributed by atoms with van der Waals surface area (Å²) in [7, 11) is -3.71. The summed E-state index contributed by atoms with van der Waals surface area (Å²) < 4.78 is 31.0. The second kappa shape index (κ2) is 4.17. The Hall–Kier alpha value is -1.89.